The third-order valence-corrected chi connectivity index (χ3v) is 6.25. The van der Waals surface area contributed by atoms with Gasteiger partial charge in [-0.25, -0.2) is 9.42 Å². The SMILES string of the molecule is CCO[P+](O)(Cc1c(C)cc(C)cc1C)c1ccccc1. The van der Waals surface area contributed by atoms with E-state index in [2.05, 4.69) is 32.9 Å². The molecule has 1 atom stereocenters. The zero-order valence-corrected chi connectivity index (χ0v) is 14.2. The van der Waals surface area contributed by atoms with Crippen LogP contribution in [0.25, 0.3) is 0 Å². The highest BCUT2D eigenvalue weighted by molar-refractivity contribution is 7.72. The van der Waals surface area contributed by atoms with Crippen LogP contribution in [0.3, 0.4) is 0 Å². The highest BCUT2D eigenvalue weighted by atomic mass is 31.2. The van der Waals surface area contributed by atoms with Gasteiger partial charge in [-0.15, -0.1) is 0 Å². The summed E-state index contributed by atoms with van der Waals surface area (Å²) in [5.41, 5.74) is 4.91. The lowest BCUT2D eigenvalue weighted by Gasteiger charge is -2.20. The number of aryl methyl sites for hydroxylation is 3. The van der Waals surface area contributed by atoms with Crippen LogP contribution in [0.2, 0.25) is 0 Å². The van der Waals surface area contributed by atoms with Crippen molar-refractivity contribution in [1.82, 2.24) is 0 Å². The van der Waals surface area contributed by atoms with Crippen LogP contribution in [0.1, 0.15) is 29.2 Å². The Morgan fingerprint density at radius 2 is 1.57 bits per heavy atom. The fourth-order valence-corrected chi connectivity index (χ4v) is 5.18. The summed E-state index contributed by atoms with van der Waals surface area (Å²) in [7, 11) is -2.61. The van der Waals surface area contributed by atoms with Crippen molar-refractivity contribution < 1.29 is 9.42 Å². The summed E-state index contributed by atoms with van der Waals surface area (Å²) in [6.45, 7) is 8.77. The Morgan fingerprint density at radius 1 is 1.00 bits per heavy atom. The summed E-state index contributed by atoms with van der Waals surface area (Å²) in [5.74, 6) is 0. The fourth-order valence-electron chi connectivity index (χ4n) is 2.76. The molecule has 0 aliphatic rings. The molecular formula is C18H24O2P+. The Morgan fingerprint density at radius 3 is 2.10 bits per heavy atom. The maximum absolute atomic E-state index is 11.1. The van der Waals surface area contributed by atoms with E-state index >= 15 is 0 Å². The lowest BCUT2D eigenvalue weighted by molar-refractivity contribution is 0.316. The van der Waals surface area contributed by atoms with Crippen LogP contribution in [0, 0.1) is 20.8 Å². The van der Waals surface area contributed by atoms with Crippen LogP contribution in [0.15, 0.2) is 42.5 Å². The quantitative estimate of drug-likeness (QED) is 0.834. The molecule has 1 unspecified atom stereocenters. The van der Waals surface area contributed by atoms with E-state index in [0.717, 1.165) is 5.30 Å². The second-order valence-corrected chi connectivity index (χ2v) is 7.98. The van der Waals surface area contributed by atoms with Crippen LogP contribution in [-0.2, 0) is 10.7 Å². The number of hydrogen-bond donors (Lipinski definition) is 1. The standard InChI is InChI=1S/C18H24O2P/c1-5-20-21(19,17-9-7-6-8-10-17)13-18-15(3)11-14(2)12-16(18)4/h6-12,19H,5,13H2,1-4H3/q+1. The highest BCUT2D eigenvalue weighted by Crippen LogP contribution is 2.57. The Hall–Kier alpha value is -1.21. The molecule has 0 heterocycles. The van der Waals surface area contributed by atoms with E-state index in [4.69, 9.17) is 4.52 Å². The monoisotopic (exact) mass is 303 g/mol. The third kappa shape index (κ3) is 3.71. The van der Waals surface area contributed by atoms with Crippen LogP contribution in [0.4, 0.5) is 0 Å². The van der Waals surface area contributed by atoms with Gasteiger partial charge in [0, 0.05) is 5.56 Å². The smallest absolute Gasteiger partial charge is 0.214 e. The molecule has 0 aliphatic heterocycles. The molecule has 0 aromatic heterocycles. The minimum atomic E-state index is -2.61. The van der Waals surface area contributed by atoms with Gasteiger partial charge < -0.3 is 0 Å². The molecule has 0 aliphatic carbocycles. The van der Waals surface area contributed by atoms with Crippen molar-refractivity contribution in [3.63, 3.8) is 0 Å². The van der Waals surface area contributed by atoms with Crippen molar-refractivity contribution >= 4 is 13.0 Å². The van der Waals surface area contributed by atoms with Crippen molar-refractivity contribution in [2.75, 3.05) is 6.61 Å². The summed E-state index contributed by atoms with van der Waals surface area (Å²) in [6.07, 6.45) is 0.572. The summed E-state index contributed by atoms with van der Waals surface area (Å²) in [6, 6.07) is 14.1. The average molecular weight is 303 g/mol. The van der Waals surface area contributed by atoms with E-state index in [1.165, 1.54) is 22.3 Å². The molecule has 3 heteroatoms. The Labute approximate surface area is 128 Å². The maximum Gasteiger partial charge on any atom is 0.307 e. The number of rotatable bonds is 5. The van der Waals surface area contributed by atoms with Gasteiger partial charge in [-0.1, -0.05) is 35.9 Å². The first-order valence-electron chi connectivity index (χ1n) is 7.34. The van der Waals surface area contributed by atoms with E-state index in [-0.39, 0.29) is 0 Å². The molecule has 112 valence electrons. The molecule has 0 bridgehead atoms. The molecule has 2 aromatic carbocycles. The molecule has 0 saturated heterocycles. The predicted molar refractivity (Wildman–Crippen MR) is 91.2 cm³/mol. The molecule has 0 amide bonds. The minimum absolute atomic E-state index is 0.517. The van der Waals surface area contributed by atoms with Crippen molar-refractivity contribution in [3.05, 3.63) is 64.7 Å². The van der Waals surface area contributed by atoms with E-state index < -0.39 is 7.72 Å². The van der Waals surface area contributed by atoms with Gasteiger partial charge in [0.15, 0.2) is 5.30 Å². The van der Waals surface area contributed by atoms with Crippen molar-refractivity contribution in [3.8, 4) is 0 Å². The van der Waals surface area contributed by atoms with Crippen LogP contribution in [0.5, 0.6) is 0 Å². The van der Waals surface area contributed by atoms with E-state index in [1.54, 1.807) is 0 Å². The molecule has 1 N–H and O–H groups in total. The first-order chi connectivity index (χ1) is 9.96. The topological polar surface area (TPSA) is 29.5 Å². The molecule has 2 aromatic rings. The first-order valence-corrected chi connectivity index (χ1v) is 9.18. The first kappa shape index (κ1) is 16.2. The van der Waals surface area contributed by atoms with Gasteiger partial charge in [0.2, 0.25) is 0 Å². The molecule has 2 nitrogen and oxygen atoms in total. The molecule has 0 fully saturated rings. The van der Waals surface area contributed by atoms with Gasteiger partial charge in [0.25, 0.3) is 0 Å². The largest absolute Gasteiger partial charge is 0.307 e. The average Bonchev–Trinajstić information content (AvgIpc) is 2.44. The van der Waals surface area contributed by atoms with Crippen molar-refractivity contribution in [2.24, 2.45) is 0 Å². The third-order valence-electron chi connectivity index (χ3n) is 3.72. The molecular weight excluding hydrogens is 279 g/mol. The van der Waals surface area contributed by atoms with Gasteiger partial charge in [0.05, 0.1) is 6.61 Å². The molecule has 2 rings (SSSR count). The fraction of sp³-hybridized carbons (Fsp3) is 0.333. The Kier molecular flexibility index (Phi) is 5.16. The summed E-state index contributed by atoms with van der Waals surface area (Å²) in [4.78, 5) is 11.1. The predicted octanol–water partition coefficient (Wildman–Crippen LogP) is 4.31. The highest BCUT2D eigenvalue weighted by Gasteiger charge is 2.41. The van der Waals surface area contributed by atoms with Crippen molar-refractivity contribution in [2.45, 2.75) is 33.9 Å². The van der Waals surface area contributed by atoms with E-state index in [9.17, 15) is 4.89 Å². The van der Waals surface area contributed by atoms with Crippen LogP contribution >= 0.6 is 7.72 Å². The van der Waals surface area contributed by atoms with Crippen molar-refractivity contribution in [1.29, 1.82) is 0 Å². The summed E-state index contributed by atoms with van der Waals surface area (Å²) >= 11 is 0. The van der Waals surface area contributed by atoms with E-state index in [1.807, 2.05) is 37.3 Å². The van der Waals surface area contributed by atoms with Crippen LogP contribution < -0.4 is 5.30 Å². The second-order valence-electron chi connectivity index (χ2n) is 5.49. The molecule has 0 saturated carbocycles. The van der Waals surface area contributed by atoms with Gasteiger partial charge in [-0.05, 0) is 51.0 Å². The molecule has 0 spiro atoms. The minimum Gasteiger partial charge on any atom is -0.214 e. The van der Waals surface area contributed by atoms with Crippen LogP contribution in [-0.4, -0.2) is 11.5 Å². The molecule has 0 radical (unpaired) electrons. The zero-order valence-electron chi connectivity index (χ0n) is 13.3. The summed E-state index contributed by atoms with van der Waals surface area (Å²) in [5, 5.41) is 0.909. The molecule has 21 heavy (non-hydrogen) atoms. The Bertz CT molecular complexity index is 587. The van der Waals surface area contributed by atoms with E-state index in [0.29, 0.717) is 12.8 Å². The normalized spacial score (nSPS) is 14.0. The Balaban J connectivity index is 2.42. The maximum atomic E-state index is 11.1. The van der Waals surface area contributed by atoms with Gasteiger partial charge in [-0.2, -0.15) is 0 Å². The van der Waals surface area contributed by atoms with Gasteiger partial charge in [-0.3, -0.25) is 0 Å². The summed E-state index contributed by atoms with van der Waals surface area (Å²) < 4.78 is 5.83. The second kappa shape index (κ2) is 6.70. The zero-order chi connectivity index (χ0) is 15.5. The number of benzene rings is 2. The van der Waals surface area contributed by atoms with Gasteiger partial charge in [0.1, 0.15) is 6.16 Å². The van der Waals surface area contributed by atoms with Gasteiger partial charge >= 0.3 is 7.72 Å². The lowest BCUT2D eigenvalue weighted by Crippen LogP contribution is -2.16. The lowest BCUT2D eigenvalue weighted by atomic mass is 10.0. The number of hydrogen-bond acceptors (Lipinski definition) is 2.